The summed E-state index contributed by atoms with van der Waals surface area (Å²) in [4.78, 5) is 0. The minimum absolute atomic E-state index is 0.592. The summed E-state index contributed by atoms with van der Waals surface area (Å²) in [6.07, 6.45) is 0. The average molecular weight is 198 g/mol. The highest BCUT2D eigenvalue weighted by atomic mass is 14.1. The van der Waals surface area contributed by atoms with Gasteiger partial charge in [0.05, 0.1) is 0 Å². The molecule has 0 fully saturated rings. The highest BCUT2D eigenvalue weighted by Crippen LogP contribution is 2.28. The van der Waals surface area contributed by atoms with Gasteiger partial charge in [0.15, 0.2) is 0 Å². The third-order valence-corrected chi connectivity index (χ3v) is 3.05. The van der Waals surface area contributed by atoms with Crippen molar-refractivity contribution in [1.29, 1.82) is 0 Å². The number of aryl methyl sites for hydroxylation is 2. The first-order chi connectivity index (χ1) is 7.09. The van der Waals surface area contributed by atoms with E-state index in [9.17, 15) is 0 Å². The van der Waals surface area contributed by atoms with Gasteiger partial charge in [-0.2, -0.15) is 0 Å². The molecule has 0 heterocycles. The van der Waals surface area contributed by atoms with Crippen LogP contribution in [-0.2, 0) is 0 Å². The van der Waals surface area contributed by atoms with Crippen LogP contribution >= 0.6 is 0 Å². The van der Waals surface area contributed by atoms with Crippen LogP contribution in [0, 0.1) is 13.8 Å². The van der Waals surface area contributed by atoms with Crippen molar-refractivity contribution in [2.24, 2.45) is 0 Å². The molecule has 0 spiro atoms. The molecule has 15 heavy (non-hydrogen) atoms. The summed E-state index contributed by atoms with van der Waals surface area (Å²) in [6.45, 7) is 8.85. The second kappa shape index (κ2) is 3.69. The van der Waals surface area contributed by atoms with Crippen LogP contribution < -0.4 is 0 Å². The van der Waals surface area contributed by atoms with Crippen LogP contribution in [0.3, 0.4) is 0 Å². The molecule has 0 aliphatic heterocycles. The Morgan fingerprint density at radius 1 is 0.867 bits per heavy atom. The molecular weight excluding hydrogens is 180 g/mol. The van der Waals surface area contributed by atoms with Crippen LogP contribution in [-0.4, -0.2) is 0 Å². The molecule has 2 aromatic rings. The molecule has 0 saturated heterocycles. The van der Waals surface area contributed by atoms with Gasteiger partial charge in [-0.15, -0.1) is 0 Å². The van der Waals surface area contributed by atoms with E-state index < -0.39 is 0 Å². The SMILES string of the molecule is Cc1ccc2c(C)ccc(C(C)C)c2c1. The van der Waals surface area contributed by atoms with Crippen molar-refractivity contribution < 1.29 is 0 Å². The van der Waals surface area contributed by atoms with Gasteiger partial charge in [0, 0.05) is 0 Å². The van der Waals surface area contributed by atoms with Crippen LogP contribution in [0.2, 0.25) is 0 Å². The largest absolute Gasteiger partial charge is 0.0587 e. The lowest BCUT2D eigenvalue weighted by atomic mass is 9.93. The predicted molar refractivity (Wildman–Crippen MR) is 67.5 cm³/mol. The number of hydrogen-bond acceptors (Lipinski definition) is 0. The van der Waals surface area contributed by atoms with E-state index in [1.54, 1.807) is 0 Å². The fourth-order valence-corrected chi connectivity index (χ4v) is 2.14. The van der Waals surface area contributed by atoms with Crippen LogP contribution in [0.4, 0.5) is 0 Å². The zero-order chi connectivity index (χ0) is 11.0. The van der Waals surface area contributed by atoms with E-state index in [1.165, 1.54) is 27.5 Å². The van der Waals surface area contributed by atoms with Gasteiger partial charge in [-0.1, -0.05) is 49.7 Å². The van der Waals surface area contributed by atoms with Crippen molar-refractivity contribution in [3.8, 4) is 0 Å². The zero-order valence-electron chi connectivity index (χ0n) is 9.96. The fraction of sp³-hybridized carbons (Fsp3) is 0.333. The molecule has 0 aliphatic rings. The van der Waals surface area contributed by atoms with E-state index in [0.717, 1.165) is 0 Å². The molecule has 0 aliphatic carbocycles. The summed E-state index contributed by atoms with van der Waals surface area (Å²) < 4.78 is 0. The van der Waals surface area contributed by atoms with Crippen LogP contribution in [0.5, 0.6) is 0 Å². The Morgan fingerprint density at radius 2 is 1.60 bits per heavy atom. The maximum absolute atomic E-state index is 2.30. The van der Waals surface area contributed by atoms with Gasteiger partial charge in [0.2, 0.25) is 0 Å². The van der Waals surface area contributed by atoms with E-state index in [-0.39, 0.29) is 0 Å². The van der Waals surface area contributed by atoms with Gasteiger partial charge in [-0.05, 0) is 41.7 Å². The first-order valence-electron chi connectivity index (χ1n) is 5.59. The van der Waals surface area contributed by atoms with Gasteiger partial charge in [0.25, 0.3) is 0 Å². The summed E-state index contributed by atoms with van der Waals surface area (Å²) in [5, 5.41) is 2.82. The molecule has 0 bridgehead atoms. The molecule has 0 saturated carbocycles. The van der Waals surface area contributed by atoms with Crippen LogP contribution in [0.15, 0.2) is 30.3 Å². The lowest BCUT2D eigenvalue weighted by molar-refractivity contribution is 0.876. The van der Waals surface area contributed by atoms with Gasteiger partial charge in [-0.25, -0.2) is 0 Å². The third-order valence-electron chi connectivity index (χ3n) is 3.05. The Labute approximate surface area is 91.9 Å². The maximum atomic E-state index is 2.30. The van der Waals surface area contributed by atoms with Crippen molar-refractivity contribution in [3.05, 3.63) is 47.0 Å². The van der Waals surface area contributed by atoms with Gasteiger partial charge in [0.1, 0.15) is 0 Å². The molecular formula is C15H18. The van der Waals surface area contributed by atoms with Crippen molar-refractivity contribution in [2.75, 3.05) is 0 Å². The predicted octanol–water partition coefficient (Wildman–Crippen LogP) is 4.58. The Kier molecular flexibility index (Phi) is 2.52. The van der Waals surface area contributed by atoms with Crippen molar-refractivity contribution >= 4 is 10.8 Å². The van der Waals surface area contributed by atoms with Crippen molar-refractivity contribution in [3.63, 3.8) is 0 Å². The van der Waals surface area contributed by atoms with Crippen LogP contribution in [0.25, 0.3) is 10.8 Å². The summed E-state index contributed by atoms with van der Waals surface area (Å²) in [5.74, 6) is 0.592. The number of rotatable bonds is 1. The second-order valence-electron chi connectivity index (χ2n) is 4.68. The third kappa shape index (κ3) is 1.77. The molecule has 0 radical (unpaired) electrons. The Hall–Kier alpha value is -1.30. The second-order valence-corrected chi connectivity index (χ2v) is 4.68. The number of benzene rings is 2. The molecule has 0 N–H and O–H groups in total. The highest BCUT2D eigenvalue weighted by molar-refractivity contribution is 5.89. The monoisotopic (exact) mass is 198 g/mol. The fourth-order valence-electron chi connectivity index (χ4n) is 2.14. The molecule has 2 aromatic carbocycles. The van der Waals surface area contributed by atoms with Crippen molar-refractivity contribution in [2.45, 2.75) is 33.6 Å². The molecule has 0 heteroatoms. The van der Waals surface area contributed by atoms with Gasteiger partial charge in [-0.3, -0.25) is 0 Å². The molecule has 0 unspecified atom stereocenters. The normalized spacial score (nSPS) is 11.3. The minimum Gasteiger partial charge on any atom is -0.0587 e. The lowest BCUT2D eigenvalue weighted by Crippen LogP contribution is -1.91. The minimum atomic E-state index is 0.592. The lowest BCUT2D eigenvalue weighted by Gasteiger charge is -2.12. The van der Waals surface area contributed by atoms with E-state index in [0.29, 0.717) is 5.92 Å². The zero-order valence-corrected chi connectivity index (χ0v) is 9.96. The summed E-state index contributed by atoms with van der Waals surface area (Å²) in [6, 6.07) is 11.2. The Morgan fingerprint density at radius 3 is 2.27 bits per heavy atom. The van der Waals surface area contributed by atoms with Gasteiger partial charge >= 0.3 is 0 Å². The first-order valence-corrected chi connectivity index (χ1v) is 5.59. The summed E-state index contributed by atoms with van der Waals surface area (Å²) >= 11 is 0. The molecule has 0 nitrogen and oxygen atoms in total. The average Bonchev–Trinajstić information content (AvgIpc) is 2.17. The summed E-state index contributed by atoms with van der Waals surface area (Å²) in [5.41, 5.74) is 4.17. The number of hydrogen-bond donors (Lipinski definition) is 0. The van der Waals surface area contributed by atoms with E-state index >= 15 is 0 Å². The topological polar surface area (TPSA) is 0 Å². The maximum Gasteiger partial charge on any atom is -0.0144 e. The highest BCUT2D eigenvalue weighted by Gasteiger charge is 2.06. The van der Waals surface area contributed by atoms with E-state index in [1.807, 2.05) is 0 Å². The number of fused-ring (bicyclic) bond motifs is 1. The molecule has 0 aromatic heterocycles. The van der Waals surface area contributed by atoms with E-state index in [4.69, 9.17) is 0 Å². The van der Waals surface area contributed by atoms with E-state index in [2.05, 4.69) is 58.0 Å². The Bertz CT molecular complexity index is 493. The smallest absolute Gasteiger partial charge is 0.0144 e. The molecule has 0 amide bonds. The molecule has 78 valence electrons. The standard InChI is InChI=1S/C15H18/c1-10(2)13-8-6-12(4)14-7-5-11(3)9-15(13)14/h5-10H,1-4H3. The first kappa shape index (κ1) is 10.2. The summed E-state index contributed by atoms with van der Waals surface area (Å²) in [7, 11) is 0. The van der Waals surface area contributed by atoms with Crippen molar-refractivity contribution in [1.82, 2.24) is 0 Å². The molecule has 0 atom stereocenters. The van der Waals surface area contributed by atoms with Crippen LogP contribution in [0.1, 0.15) is 36.5 Å². The van der Waals surface area contributed by atoms with Gasteiger partial charge < -0.3 is 0 Å². The Balaban J connectivity index is 2.84. The molecule has 2 rings (SSSR count). The quantitative estimate of drug-likeness (QED) is 0.629.